The van der Waals surface area contributed by atoms with Gasteiger partial charge in [0.1, 0.15) is 18.2 Å². The Balaban J connectivity index is 1.63. The summed E-state index contributed by atoms with van der Waals surface area (Å²) in [7, 11) is 1.49. The highest BCUT2D eigenvalue weighted by molar-refractivity contribution is 6.01. The Morgan fingerprint density at radius 3 is 2.44 bits per heavy atom. The van der Waals surface area contributed by atoms with Gasteiger partial charge in [0, 0.05) is 18.7 Å². The molecule has 0 aliphatic carbocycles. The molecule has 3 aromatic rings. The van der Waals surface area contributed by atoms with Crippen LogP contribution in [-0.2, 0) is 17.8 Å². The molecule has 0 saturated carbocycles. The lowest BCUT2D eigenvalue weighted by molar-refractivity contribution is -0.384. The van der Waals surface area contributed by atoms with Crippen LogP contribution in [0, 0.1) is 21.4 Å². The number of amides is 1. The fourth-order valence-electron chi connectivity index (χ4n) is 3.14. The predicted molar refractivity (Wildman–Crippen MR) is 127 cm³/mol. The van der Waals surface area contributed by atoms with Crippen molar-refractivity contribution in [3.05, 3.63) is 105 Å². The highest BCUT2D eigenvalue weighted by Gasteiger charge is 2.11. The van der Waals surface area contributed by atoms with Crippen LogP contribution in [-0.4, -0.2) is 24.5 Å². The van der Waals surface area contributed by atoms with Crippen molar-refractivity contribution in [2.75, 3.05) is 13.7 Å². The van der Waals surface area contributed by atoms with Crippen LogP contribution < -0.4 is 14.8 Å². The van der Waals surface area contributed by atoms with E-state index < -0.39 is 10.8 Å². The van der Waals surface area contributed by atoms with E-state index in [1.165, 1.54) is 25.3 Å². The number of methoxy groups -OCH3 is 1. The maximum absolute atomic E-state index is 12.4. The number of nitriles is 1. The van der Waals surface area contributed by atoms with Gasteiger partial charge in [-0.15, -0.1) is 0 Å². The summed E-state index contributed by atoms with van der Waals surface area (Å²) in [5, 5.41) is 23.0. The molecule has 0 saturated heterocycles. The van der Waals surface area contributed by atoms with Crippen LogP contribution in [0.1, 0.15) is 16.7 Å². The first-order valence-electron chi connectivity index (χ1n) is 10.5. The highest BCUT2D eigenvalue weighted by atomic mass is 16.6. The number of nitrogens with one attached hydrogen (secondary N) is 1. The number of nitro benzene ring substituents is 1. The van der Waals surface area contributed by atoms with Gasteiger partial charge in [-0.3, -0.25) is 14.9 Å². The molecule has 0 bridgehead atoms. The third-order valence-electron chi connectivity index (χ3n) is 4.95. The molecule has 34 heavy (non-hydrogen) atoms. The SMILES string of the molecule is COc1cc(/C=C(\C#N)C(=O)NCCc2ccccc2)ccc1OCc1ccc([N+](=O)[O-])cc1. The molecule has 0 radical (unpaired) electrons. The van der Waals surface area contributed by atoms with Gasteiger partial charge < -0.3 is 14.8 Å². The zero-order chi connectivity index (χ0) is 24.3. The van der Waals surface area contributed by atoms with Gasteiger partial charge in [-0.2, -0.15) is 5.26 Å². The van der Waals surface area contributed by atoms with Crippen molar-refractivity contribution in [3.63, 3.8) is 0 Å². The molecule has 1 N–H and O–H groups in total. The van der Waals surface area contributed by atoms with Crippen molar-refractivity contribution in [1.82, 2.24) is 5.32 Å². The second-order valence-corrected chi connectivity index (χ2v) is 7.28. The van der Waals surface area contributed by atoms with Crippen LogP contribution in [0.15, 0.2) is 78.4 Å². The molecule has 0 heterocycles. The Labute approximate surface area is 197 Å². The van der Waals surface area contributed by atoms with Crippen molar-refractivity contribution in [2.45, 2.75) is 13.0 Å². The van der Waals surface area contributed by atoms with Crippen LogP contribution in [0.3, 0.4) is 0 Å². The van der Waals surface area contributed by atoms with Gasteiger partial charge in [-0.1, -0.05) is 36.4 Å². The number of nitrogens with zero attached hydrogens (tertiary/aromatic N) is 2. The van der Waals surface area contributed by atoms with Gasteiger partial charge in [-0.05, 0) is 53.5 Å². The monoisotopic (exact) mass is 457 g/mol. The summed E-state index contributed by atoms with van der Waals surface area (Å²) in [4.78, 5) is 22.7. The predicted octanol–water partition coefficient (Wildman–Crippen LogP) is 4.45. The number of ether oxygens (including phenoxy) is 2. The Morgan fingerprint density at radius 2 is 1.79 bits per heavy atom. The molecule has 1 amide bonds. The Morgan fingerprint density at radius 1 is 1.06 bits per heavy atom. The zero-order valence-electron chi connectivity index (χ0n) is 18.6. The van der Waals surface area contributed by atoms with E-state index in [1.54, 1.807) is 30.3 Å². The maximum atomic E-state index is 12.4. The first-order chi connectivity index (χ1) is 16.5. The minimum Gasteiger partial charge on any atom is -0.493 e. The molecular weight excluding hydrogens is 434 g/mol. The standard InChI is InChI=1S/C26H23N3O5/c1-33-25-16-21(9-12-24(25)34-18-20-7-10-23(11-8-20)29(31)32)15-22(17-27)26(30)28-14-13-19-5-3-2-4-6-19/h2-12,15-16H,13-14,18H2,1H3,(H,28,30)/b22-15+. The van der Waals surface area contributed by atoms with Gasteiger partial charge in [-0.25, -0.2) is 0 Å². The second-order valence-electron chi connectivity index (χ2n) is 7.28. The second kappa shape index (κ2) is 11.8. The molecule has 172 valence electrons. The van der Waals surface area contributed by atoms with Crippen LogP contribution >= 0.6 is 0 Å². The minimum atomic E-state index is -0.459. The van der Waals surface area contributed by atoms with E-state index in [9.17, 15) is 20.2 Å². The summed E-state index contributed by atoms with van der Waals surface area (Å²) >= 11 is 0. The lowest BCUT2D eigenvalue weighted by Gasteiger charge is -2.11. The number of carbonyl (C=O) groups excluding carboxylic acids is 1. The summed E-state index contributed by atoms with van der Waals surface area (Å²) in [5.41, 5.74) is 2.45. The highest BCUT2D eigenvalue weighted by Crippen LogP contribution is 2.30. The van der Waals surface area contributed by atoms with Crippen molar-refractivity contribution in [1.29, 1.82) is 5.26 Å². The minimum absolute atomic E-state index is 0.00914. The number of carbonyl (C=O) groups is 1. The van der Waals surface area contributed by atoms with Crippen LogP contribution in [0.25, 0.3) is 6.08 Å². The average Bonchev–Trinajstić information content (AvgIpc) is 2.87. The summed E-state index contributed by atoms with van der Waals surface area (Å²) < 4.78 is 11.2. The lowest BCUT2D eigenvalue weighted by atomic mass is 10.1. The van der Waals surface area contributed by atoms with E-state index in [0.29, 0.717) is 30.0 Å². The quantitative estimate of drug-likeness (QED) is 0.208. The summed E-state index contributed by atoms with van der Waals surface area (Å²) in [6.07, 6.45) is 2.15. The third kappa shape index (κ3) is 6.68. The Hall–Kier alpha value is -4.64. The number of hydrogen-bond acceptors (Lipinski definition) is 6. The molecule has 0 aliphatic rings. The third-order valence-corrected chi connectivity index (χ3v) is 4.95. The van der Waals surface area contributed by atoms with Crippen LogP contribution in [0.4, 0.5) is 5.69 Å². The summed E-state index contributed by atoms with van der Waals surface area (Å²) in [5.74, 6) is 0.442. The molecular formula is C26H23N3O5. The van der Waals surface area contributed by atoms with Gasteiger partial charge in [0.25, 0.3) is 11.6 Å². The number of non-ortho nitro benzene ring substituents is 1. The molecule has 0 unspecified atom stereocenters. The molecule has 0 aromatic heterocycles. The van der Waals surface area contributed by atoms with Gasteiger partial charge in [0.15, 0.2) is 11.5 Å². The normalized spacial score (nSPS) is 10.8. The first-order valence-corrected chi connectivity index (χ1v) is 10.5. The molecule has 0 aliphatic heterocycles. The van der Waals surface area contributed by atoms with Crippen molar-refractivity contribution in [3.8, 4) is 17.6 Å². The van der Waals surface area contributed by atoms with E-state index in [2.05, 4.69) is 5.32 Å². The zero-order valence-corrected chi connectivity index (χ0v) is 18.6. The van der Waals surface area contributed by atoms with Gasteiger partial charge in [0.05, 0.1) is 12.0 Å². The van der Waals surface area contributed by atoms with Gasteiger partial charge >= 0.3 is 0 Å². The lowest BCUT2D eigenvalue weighted by Crippen LogP contribution is -2.26. The first kappa shape index (κ1) is 24.0. The van der Waals surface area contributed by atoms with Crippen LogP contribution in [0.5, 0.6) is 11.5 Å². The fraction of sp³-hybridized carbons (Fsp3) is 0.154. The number of hydrogen-bond donors (Lipinski definition) is 1. The molecule has 3 aromatic carbocycles. The molecule has 3 rings (SSSR count). The molecule has 0 fully saturated rings. The van der Waals surface area contributed by atoms with Crippen molar-refractivity contribution < 1.29 is 19.2 Å². The summed E-state index contributed by atoms with van der Waals surface area (Å²) in [6.45, 7) is 0.609. The topological polar surface area (TPSA) is 114 Å². The smallest absolute Gasteiger partial charge is 0.269 e. The van der Waals surface area contributed by atoms with Crippen molar-refractivity contribution in [2.24, 2.45) is 0 Å². The summed E-state index contributed by atoms with van der Waals surface area (Å²) in [6, 6.07) is 22.8. The number of benzene rings is 3. The van der Waals surface area contributed by atoms with E-state index in [0.717, 1.165) is 11.1 Å². The molecule has 0 atom stereocenters. The van der Waals surface area contributed by atoms with Gasteiger partial charge in [0.2, 0.25) is 0 Å². The number of rotatable bonds is 10. The van der Waals surface area contributed by atoms with Crippen molar-refractivity contribution >= 4 is 17.7 Å². The molecule has 8 nitrogen and oxygen atoms in total. The number of nitro groups is 1. The van der Waals surface area contributed by atoms with E-state index >= 15 is 0 Å². The van der Waals surface area contributed by atoms with E-state index in [-0.39, 0.29) is 17.9 Å². The van der Waals surface area contributed by atoms with E-state index in [1.807, 2.05) is 36.4 Å². The maximum Gasteiger partial charge on any atom is 0.269 e. The largest absolute Gasteiger partial charge is 0.493 e. The van der Waals surface area contributed by atoms with Crippen LogP contribution in [0.2, 0.25) is 0 Å². The Bertz CT molecular complexity index is 1220. The molecule has 8 heteroatoms. The fourth-order valence-corrected chi connectivity index (χ4v) is 3.14. The van der Waals surface area contributed by atoms with E-state index in [4.69, 9.17) is 9.47 Å². The average molecular weight is 457 g/mol. The molecule has 0 spiro atoms. The Kier molecular flexibility index (Phi) is 8.36.